The minimum Gasteiger partial charge on any atom is -0.356 e. The number of rotatable bonds is 5. The van der Waals surface area contributed by atoms with Gasteiger partial charge in [0.1, 0.15) is 5.82 Å². The van der Waals surface area contributed by atoms with Crippen molar-refractivity contribution in [2.75, 3.05) is 18.0 Å². The van der Waals surface area contributed by atoms with Gasteiger partial charge in [-0.05, 0) is 31.9 Å². The summed E-state index contributed by atoms with van der Waals surface area (Å²) in [6, 6.07) is 3.65. The number of pyridine rings is 1. The summed E-state index contributed by atoms with van der Waals surface area (Å²) in [4.78, 5) is 18.0. The van der Waals surface area contributed by atoms with Gasteiger partial charge in [-0.25, -0.2) is 4.98 Å². The monoisotopic (exact) mass is 220 g/mol. The first-order valence-electron chi connectivity index (χ1n) is 5.77. The second-order valence-electron chi connectivity index (χ2n) is 4.36. The van der Waals surface area contributed by atoms with Crippen LogP contribution in [-0.4, -0.2) is 23.9 Å². The topological polar surface area (TPSA) is 33.2 Å². The Morgan fingerprint density at radius 3 is 2.69 bits per heavy atom. The molecule has 0 fully saturated rings. The molecular formula is C13H20N2O. The van der Waals surface area contributed by atoms with Gasteiger partial charge in [0.15, 0.2) is 5.78 Å². The standard InChI is InChI=1S/C13H20N2O/c1-5-15(9-10(2)3)13-12(11(4)16)7-6-8-14-13/h6-8,10H,5,9H2,1-4H3. The highest BCUT2D eigenvalue weighted by atomic mass is 16.1. The second-order valence-corrected chi connectivity index (χ2v) is 4.36. The number of hydrogen-bond acceptors (Lipinski definition) is 3. The molecule has 0 N–H and O–H groups in total. The zero-order valence-electron chi connectivity index (χ0n) is 10.5. The zero-order valence-corrected chi connectivity index (χ0v) is 10.5. The van der Waals surface area contributed by atoms with Crippen molar-refractivity contribution in [1.29, 1.82) is 0 Å². The molecule has 3 heteroatoms. The summed E-state index contributed by atoms with van der Waals surface area (Å²) >= 11 is 0. The molecule has 1 heterocycles. The molecule has 1 aromatic heterocycles. The largest absolute Gasteiger partial charge is 0.356 e. The lowest BCUT2D eigenvalue weighted by atomic mass is 10.1. The van der Waals surface area contributed by atoms with Gasteiger partial charge in [-0.15, -0.1) is 0 Å². The molecule has 0 bridgehead atoms. The van der Waals surface area contributed by atoms with Gasteiger partial charge in [0.2, 0.25) is 0 Å². The summed E-state index contributed by atoms with van der Waals surface area (Å²) < 4.78 is 0. The number of hydrogen-bond donors (Lipinski definition) is 0. The van der Waals surface area contributed by atoms with Crippen LogP contribution in [0.25, 0.3) is 0 Å². The average molecular weight is 220 g/mol. The molecule has 0 aliphatic heterocycles. The summed E-state index contributed by atoms with van der Waals surface area (Å²) in [6.07, 6.45) is 1.74. The molecule has 1 rings (SSSR count). The van der Waals surface area contributed by atoms with E-state index in [2.05, 4.69) is 30.7 Å². The molecule has 0 saturated heterocycles. The minimum atomic E-state index is 0.0744. The number of ketones is 1. The maximum atomic E-state index is 11.5. The van der Waals surface area contributed by atoms with Crippen molar-refractivity contribution in [1.82, 2.24) is 4.98 Å². The highest BCUT2D eigenvalue weighted by Crippen LogP contribution is 2.18. The van der Waals surface area contributed by atoms with Crippen LogP contribution in [0.4, 0.5) is 5.82 Å². The molecule has 3 nitrogen and oxygen atoms in total. The Labute approximate surface area is 97.5 Å². The first kappa shape index (κ1) is 12.7. The molecular weight excluding hydrogens is 200 g/mol. The minimum absolute atomic E-state index is 0.0744. The Bertz CT molecular complexity index is 361. The maximum absolute atomic E-state index is 11.5. The zero-order chi connectivity index (χ0) is 12.1. The van der Waals surface area contributed by atoms with Crippen LogP contribution in [0.3, 0.4) is 0 Å². The van der Waals surface area contributed by atoms with Crippen LogP contribution in [0.1, 0.15) is 38.1 Å². The lowest BCUT2D eigenvalue weighted by Gasteiger charge is -2.25. The van der Waals surface area contributed by atoms with Gasteiger partial charge < -0.3 is 4.90 Å². The number of anilines is 1. The molecule has 0 aliphatic carbocycles. The fraction of sp³-hybridized carbons (Fsp3) is 0.538. The van der Waals surface area contributed by atoms with Gasteiger partial charge in [0.05, 0.1) is 5.56 Å². The van der Waals surface area contributed by atoms with Crippen molar-refractivity contribution in [2.45, 2.75) is 27.7 Å². The van der Waals surface area contributed by atoms with E-state index in [0.29, 0.717) is 11.5 Å². The smallest absolute Gasteiger partial charge is 0.163 e. The van der Waals surface area contributed by atoms with Crippen molar-refractivity contribution in [3.05, 3.63) is 23.9 Å². The highest BCUT2D eigenvalue weighted by Gasteiger charge is 2.14. The van der Waals surface area contributed by atoms with E-state index in [1.54, 1.807) is 13.1 Å². The third-order valence-corrected chi connectivity index (χ3v) is 2.43. The van der Waals surface area contributed by atoms with E-state index in [9.17, 15) is 4.79 Å². The number of carbonyl (C=O) groups excluding carboxylic acids is 1. The second kappa shape index (κ2) is 5.64. The molecule has 88 valence electrons. The quantitative estimate of drug-likeness (QED) is 0.715. The van der Waals surface area contributed by atoms with Gasteiger partial charge in [0.25, 0.3) is 0 Å². The Morgan fingerprint density at radius 2 is 2.19 bits per heavy atom. The predicted molar refractivity (Wildman–Crippen MR) is 67.0 cm³/mol. The molecule has 1 aromatic rings. The molecule has 0 aliphatic rings. The first-order chi connectivity index (χ1) is 7.56. The number of carbonyl (C=O) groups is 1. The van der Waals surface area contributed by atoms with Gasteiger partial charge in [-0.2, -0.15) is 0 Å². The fourth-order valence-electron chi connectivity index (χ4n) is 1.73. The summed E-state index contributed by atoms with van der Waals surface area (Å²) in [7, 11) is 0. The molecule has 0 amide bonds. The maximum Gasteiger partial charge on any atom is 0.163 e. The molecule has 0 radical (unpaired) electrons. The fourth-order valence-corrected chi connectivity index (χ4v) is 1.73. The summed E-state index contributed by atoms with van der Waals surface area (Å²) in [5, 5.41) is 0. The van der Waals surface area contributed by atoms with Crippen LogP contribution in [0.15, 0.2) is 18.3 Å². The van der Waals surface area contributed by atoms with Crippen LogP contribution >= 0.6 is 0 Å². The Balaban J connectivity index is 3.04. The van der Waals surface area contributed by atoms with Crippen LogP contribution in [0.5, 0.6) is 0 Å². The van der Waals surface area contributed by atoms with E-state index >= 15 is 0 Å². The van der Waals surface area contributed by atoms with Crippen molar-refractivity contribution < 1.29 is 4.79 Å². The van der Waals surface area contributed by atoms with Crippen LogP contribution in [0, 0.1) is 5.92 Å². The molecule has 0 atom stereocenters. The van der Waals surface area contributed by atoms with Crippen molar-refractivity contribution in [2.24, 2.45) is 5.92 Å². The van der Waals surface area contributed by atoms with Crippen LogP contribution in [-0.2, 0) is 0 Å². The highest BCUT2D eigenvalue weighted by molar-refractivity contribution is 5.98. The summed E-state index contributed by atoms with van der Waals surface area (Å²) in [5.74, 6) is 1.44. The van der Waals surface area contributed by atoms with Gasteiger partial charge in [0, 0.05) is 19.3 Å². The molecule has 16 heavy (non-hydrogen) atoms. The van der Waals surface area contributed by atoms with Crippen LogP contribution in [0.2, 0.25) is 0 Å². The molecule has 0 aromatic carbocycles. The van der Waals surface area contributed by atoms with Gasteiger partial charge >= 0.3 is 0 Å². The van der Waals surface area contributed by atoms with E-state index in [0.717, 1.165) is 18.9 Å². The van der Waals surface area contributed by atoms with Gasteiger partial charge in [-0.3, -0.25) is 4.79 Å². The van der Waals surface area contributed by atoms with Crippen LogP contribution < -0.4 is 4.90 Å². The third-order valence-electron chi connectivity index (χ3n) is 2.43. The van der Waals surface area contributed by atoms with Crippen molar-refractivity contribution >= 4 is 11.6 Å². The third kappa shape index (κ3) is 3.05. The Kier molecular flexibility index (Phi) is 4.47. The van der Waals surface area contributed by atoms with Crippen molar-refractivity contribution in [3.63, 3.8) is 0 Å². The number of aromatic nitrogens is 1. The first-order valence-corrected chi connectivity index (χ1v) is 5.77. The SMILES string of the molecule is CCN(CC(C)C)c1ncccc1C(C)=O. The van der Waals surface area contributed by atoms with E-state index in [-0.39, 0.29) is 5.78 Å². The van der Waals surface area contributed by atoms with E-state index in [1.165, 1.54) is 0 Å². The number of Topliss-reactive ketones (excluding diaryl/α,β-unsaturated/α-hetero) is 1. The summed E-state index contributed by atoms with van der Waals surface area (Å²) in [5.41, 5.74) is 0.713. The number of nitrogens with zero attached hydrogens (tertiary/aromatic N) is 2. The van der Waals surface area contributed by atoms with E-state index in [4.69, 9.17) is 0 Å². The van der Waals surface area contributed by atoms with E-state index in [1.807, 2.05) is 12.1 Å². The molecule has 0 spiro atoms. The van der Waals surface area contributed by atoms with Gasteiger partial charge in [-0.1, -0.05) is 13.8 Å². The lowest BCUT2D eigenvalue weighted by molar-refractivity contribution is 0.101. The predicted octanol–water partition coefficient (Wildman–Crippen LogP) is 2.77. The Morgan fingerprint density at radius 1 is 1.50 bits per heavy atom. The Hall–Kier alpha value is -1.38. The lowest BCUT2D eigenvalue weighted by Crippen LogP contribution is -2.29. The average Bonchev–Trinajstić information content (AvgIpc) is 2.25. The summed E-state index contributed by atoms with van der Waals surface area (Å²) in [6.45, 7) is 9.80. The molecule has 0 unspecified atom stereocenters. The van der Waals surface area contributed by atoms with E-state index < -0.39 is 0 Å². The normalized spacial score (nSPS) is 10.6. The molecule has 0 saturated carbocycles. The van der Waals surface area contributed by atoms with Crippen molar-refractivity contribution in [3.8, 4) is 0 Å².